The SMILES string of the molecule is CC(=O)N1CC2CC1CC2C(C)(C)C. The summed E-state index contributed by atoms with van der Waals surface area (Å²) in [4.78, 5) is 13.4. The molecule has 14 heavy (non-hydrogen) atoms. The first-order valence-corrected chi connectivity index (χ1v) is 5.67. The Labute approximate surface area is 86.7 Å². The second-order valence-electron chi connectivity index (χ2n) is 6.03. The number of carbonyl (C=O) groups excluding carboxylic acids is 1. The fourth-order valence-electron chi connectivity index (χ4n) is 3.40. The van der Waals surface area contributed by atoms with Crippen molar-refractivity contribution in [1.82, 2.24) is 4.90 Å². The minimum atomic E-state index is 0.268. The lowest BCUT2D eigenvalue weighted by atomic mass is 9.74. The van der Waals surface area contributed by atoms with E-state index in [9.17, 15) is 4.79 Å². The molecule has 1 heterocycles. The van der Waals surface area contributed by atoms with Gasteiger partial charge in [-0.2, -0.15) is 0 Å². The first-order valence-electron chi connectivity index (χ1n) is 5.67. The smallest absolute Gasteiger partial charge is 0.219 e. The van der Waals surface area contributed by atoms with E-state index < -0.39 is 0 Å². The molecule has 2 rings (SSSR count). The molecule has 0 aromatic rings. The van der Waals surface area contributed by atoms with E-state index in [0.717, 1.165) is 18.4 Å². The van der Waals surface area contributed by atoms with Crippen molar-refractivity contribution in [1.29, 1.82) is 0 Å². The lowest BCUT2D eigenvalue weighted by Crippen LogP contribution is -2.41. The van der Waals surface area contributed by atoms with Crippen molar-refractivity contribution in [2.45, 2.75) is 46.6 Å². The van der Waals surface area contributed by atoms with Gasteiger partial charge in [0.15, 0.2) is 0 Å². The van der Waals surface area contributed by atoms with Crippen molar-refractivity contribution in [2.75, 3.05) is 6.54 Å². The summed E-state index contributed by atoms with van der Waals surface area (Å²) >= 11 is 0. The maximum Gasteiger partial charge on any atom is 0.219 e. The fourth-order valence-corrected chi connectivity index (χ4v) is 3.40. The highest BCUT2D eigenvalue weighted by molar-refractivity contribution is 5.74. The van der Waals surface area contributed by atoms with Crippen molar-refractivity contribution in [3.05, 3.63) is 0 Å². The third kappa shape index (κ3) is 1.45. The van der Waals surface area contributed by atoms with Gasteiger partial charge < -0.3 is 4.90 Å². The Hall–Kier alpha value is -0.530. The van der Waals surface area contributed by atoms with Gasteiger partial charge in [0, 0.05) is 19.5 Å². The van der Waals surface area contributed by atoms with Gasteiger partial charge in [0.2, 0.25) is 5.91 Å². The van der Waals surface area contributed by atoms with E-state index in [1.807, 2.05) is 0 Å². The van der Waals surface area contributed by atoms with Crippen molar-refractivity contribution in [2.24, 2.45) is 17.3 Å². The summed E-state index contributed by atoms with van der Waals surface area (Å²) in [7, 11) is 0. The van der Waals surface area contributed by atoms with Crippen LogP contribution in [0.3, 0.4) is 0 Å². The van der Waals surface area contributed by atoms with E-state index in [4.69, 9.17) is 0 Å². The molecule has 1 aliphatic heterocycles. The molecule has 1 saturated heterocycles. The first-order chi connectivity index (χ1) is 6.39. The van der Waals surface area contributed by atoms with E-state index in [1.165, 1.54) is 12.8 Å². The summed E-state index contributed by atoms with van der Waals surface area (Å²) in [5.74, 6) is 1.86. The van der Waals surface area contributed by atoms with Gasteiger partial charge >= 0.3 is 0 Å². The van der Waals surface area contributed by atoms with Crippen LogP contribution in [0.25, 0.3) is 0 Å². The van der Waals surface area contributed by atoms with Crippen LogP contribution in [-0.2, 0) is 4.79 Å². The molecule has 2 nitrogen and oxygen atoms in total. The molecular weight excluding hydrogens is 174 g/mol. The van der Waals surface area contributed by atoms with Crippen molar-refractivity contribution >= 4 is 5.91 Å². The van der Waals surface area contributed by atoms with Gasteiger partial charge in [0.25, 0.3) is 0 Å². The standard InChI is InChI=1S/C12H21NO/c1-8(14)13-7-9-5-10(13)6-11(9)12(2,3)4/h9-11H,5-7H2,1-4H3. The average molecular weight is 195 g/mol. The van der Waals surface area contributed by atoms with Crippen LogP contribution in [-0.4, -0.2) is 23.4 Å². The van der Waals surface area contributed by atoms with Crippen LogP contribution >= 0.6 is 0 Å². The average Bonchev–Trinajstić information content (AvgIpc) is 2.58. The maximum atomic E-state index is 11.3. The van der Waals surface area contributed by atoms with Gasteiger partial charge in [0.05, 0.1) is 0 Å². The Morgan fingerprint density at radius 3 is 2.29 bits per heavy atom. The van der Waals surface area contributed by atoms with E-state index in [0.29, 0.717) is 11.5 Å². The third-order valence-corrected chi connectivity index (χ3v) is 4.06. The van der Waals surface area contributed by atoms with Crippen LogP contribution in [0.5, 0.6) is 0 Å². The summed E-state index contributed by atoms with van der Waals surface area (Å²) in [6, 6.07) is 0.557. The number of likely N-dealkylation sites (tertiary alicyclic amines) is 1. The summed E-state index contributed by atoms with van der Waals surface area (Å²) < 4.78 is 0. The van der Waals surface area contributed by atoms with Gasteiger partial charge in [0.1, 0.15) is 0 Å². The Morgan fingerprint density at radius 1 is 1.29 bits per heavy atom. The quantitative estimate of drug-likeness (QED) is 0.580. The van der Waals surface area contributed by atoms with Crippen LogP contribution < -0.4 is 0 Å². The topological polar surface area (TPSA) is 20.3 Å². The molecule has 2 bridgehead atoms. The van der Waals surface area contributed by atoms with Crippen molar-refractivity contribution in [3.8, 4) is 0 Å². The molecule has 1 aliphatic carbocycles. The van der Waals surface area contributed by atoms with Crippen LogP contribution in [0.2, 0.25) is 0 Å². The van der Waals surface area contributed by atoms with E-state index in [-0.39, 0.29) is 5.91 Å². The number of hydrogen-bond acceptors (Lipinski definition) is 1. The Bertz CT molecular complexity index is 254. The normalized spacial score (nSPS) is 36.6. The number of rotatable bonds is 0. The van der Waals surface area contributed by atoms with Gasteiger partial charge in [-0.05, 0) is 30.1 Å². The molecule has 3 atom stereocenters. The molecule has 80 valence electrons. The highest BCUT2D eigenvalue weighted by atomic mass is 16.2. The molecule has 0 radical (unpaired) electrons. The molecule has 2 heteroatoms. The van der Waals surface area contributed by atoms with Crippen LogP contribution in [0.4, 0.5) is 0 Å². The van der Waals surface area contributed by atoms with Crippen LogP contribution in [0, 0.1) is 17.3 Å². The summed E-state index contributed by atoms with van der Waals surface area (Å²) in [6.07, 6.45) is 2.48. The predicted octanol–water partition coefficient (Wildman–Crippen LogP) is 2.29. The van der Waals surface area contributed by atoms with Gasteiger partial charge in [-0.25, -0.2) is 0 Å². The molecule has 3 unspecified atom stereocenters. The molecule has 0 N–H and O–H groups in total. The van der Waals surface area contributed by atoms with Crippen LogP contribution in [0.1, 0.15) is 40.5 Å². The Kier molecular flexibility index (Phi) is 2.13. The molecule has 0 aromatic carbocycles. The first kappa shape index (κ1) is 10.0. The van der Waals surface area contributed by atoms with Gasteiger partial charge in [-0.3, -0.25) is 4.79 Å². The molecule has 2 fully saturated rings. The lowest BCUT2D eigenvalue weighted by Gasteiger charge is -2.38. The Balaban J connectivity index is 2.07. The fraction of sp³-hybridized carbons (Fsp3) is 0.917. The second kappa shape index (κ2) is 2.98. The number of hydrogen-bond donors (Lipinski definition) is 0. The van der Waals surface area contributed by atoms with Gasteiger partial charge in [-0.1, -0.05) is 20.8 Å². The molecular formula is C12H21NO. The summed E-state index contributed by atoms with van der Waals surface area (Å²) in [5.41, 5.74) is 0.419. The highest BCUT2D eigenvalue weighted by Crippen LogP contribution is 2.49. The number of nitrogens with zero attached hydrogens (tertiary/aromatic N) is 1. The predicted molar refractivity (Wildman–Crippen MR) is 56.8 cm³/mol. The molecule has 1 saturated carbocycles. The minimum Gasteiger partial charge on any atom is -0.340 e. The van der Waals surface area contributed by atoms with E-state index in [1.54, 1.807) is 6.92 Å². The van der Waals surface area contributed by atoms with Gasteiger partial charge in [-0.15, -0.1) is 0 Å². The highest BCUT2D eigenvalue weighted by Gasteiger charge is 2.49. The number of fused-ring (bicyclic) bond motifs is 2. The molecule has 0 spiro atoms. The second-order valence-corrected chi connectivity index (χ2v) is 6.03. The zero-order valence-electron chi connectivity index (χ0n) is 9.71. The van der Waals surface area contributed by atoms with Crippen LogP contribution in [0.15, 0.2) is 0 Å². The zero-order valence-corrected chi connectivity index (χ0v) is 9.71. The molecule has 1 amide bonds. The van der Waals surface area contributed by atoms with E-state index >= 15 is 0 Å². The number of carbonyl (C=O) groups is 1. The summed E-state index contributed by atoms with van der Waals surface area (Å²) in [6.45, 7) is 9.71. The Morgan fingerprint density at radius 2 is 1.93 bits per heavy atom. The van der Waals surface area contributed by atoms with E-state index in [2.05, 4.69) is 25.7 Å². The zero-order chi connectivity index (χ0) is 10.5. The molecule has 2 aliphatic rings. The lowest BCUT2D eigenvalue weighted by molar-refractivity contribution is -0.131. The monoisotopic (exact) mass is 195 g/mol. The minimum absolute atomic E-state index is 0.268. The number of piperidine rings is 1. The maximum absolute atomic E-state index is 11.3. The third-order valence-electron chi connectivity index (χ3n) is 4.06. The summed E-state index contributed by atoms with van der Waals surface area (Å²) in [5, 5.41) is 0. The van der Waals surface area contributed by atoms with Crippen molar-refractivity contribution in [3.63, 3.8) is 0 Å². The largest absolute Gasteiger partial charge is 0.340 e. The van der Waals surface area contributed by atoms with Crippen molar-refractivity contribution < 1.29 is 4.79 Å². The molecule has 0 aromatic heterocycles. The number of amides is 1.